The maximum Gasteiger partial charge on any atom is 0.490 e. The number of rotatable bonds is 4. The van der Waals surface area contributed by atoms with E-state index in [0.29, 0.717) is 13.2 Å². The first-order chi connectivity index (χ1) is 14.8. The van der Waals surface area contributed by atoms with Crippen molar-refractivity contribution in [1.29, 1.82) is 0 Å². The van der Waals surface area contributed by atoms with Crippen LogP contribution in [-0.2, 0) is 20.9 Å². The molecule has 2 aliphatic rings. The van der Waals surface area contributed by atoms with Crippen molar-refractivity contribution in [3.8, 4) is 0 Å². The van der Waals surface area contributed by atoms with Gasteiger partial charge in [-0.2, -0.15) is 24.5 Å². The number of likely N-dealkylation sites (tertiary alicyclic amines) is 1. The molecule has 31 heavy (non-hydrogen) atoms. The first-order valence-corrected chi connectivity index (χ1v) is 10.5. The number of halogens is 3. The lowest BCUT2D eigenvalue weighted by molar-refractivity contribution is -0.192. The molecule has 2 aromatic rings. The van der Waals surface area contributed by atoms with Crippen molar-refractivity contribution in [3.05, 3.63) is 52.5 Å². The van der Waals surface area contributed by atoms with E-state index in [1.165, 1.54) is 0 Å². The van der Waals surface area contributed by atoms with Crippen LogP contribution < -0.4 is 0 Å². The fraction of sp³-hybridized carbons (Fsp3) is 0.450. The minimum absolute atomic E-state index is 0.0296. The van der Waals surface area contributed by atoms with Gasteiger partial charge in [-0.05, 0) is 35.9 Å². The fourth-order valence-corrected chi connectivity index (χ4v) is 4.16. The number of ether oxygens (including phenoxy) is 2. The number of alkyl halides is 3. The van der Waals surface area contributed by atoms with Gasteiger partial charge in [0, 0.05) is 24.4 Å². The van der Waals surface area contributed by atoms with Crippen molar-refractivity contribution >= 4 is 23.2 Å². The van der Waals surface area contributed by atoms with E-state index in [1.54, 1.807) is 17.5 Å². The van der Waals surface area contributed by atoms with Crippen LogP contribution in [0.4, 0.5) is 13.2 Å². The van der Waals surface area contributed by atoms with Gasteiger partial charge in [0.05, 0.1) is 24.8 Å². The van der Waals surface area contributed by atoms with Crippen molar-refractivity contribution in [2.24, 2.45) is 0 Å². The van der Waals surface area contributed by atoms with Crippen molar-refractivity contribution in [3.63, 3.8) is 0 Å². The highest BCUT2D eigenvalue weighted by molar-refractivity contribution is 7.08. The van der Waals surface area contributed by atoms with E-state index >= 15 is 0 Å². The molecule has 7 nitrogen and oxygen atoms in total. The molecule has 11 heteroatoms. The van der Waals surface area contributed by atoms with Crippen LogP contribution in [0.5, 0.6) is 0 Å². The molecule has 0 unspecified atom stereocenters. The number of pyridine rings is 1. The van der Waals surface area contributed by atoms with Crippen LogP contribution in [-0.4, -0.2) is 64.4 Å². The summed E-state index contributed by atoms with van der Waals surface area (Å²) in [6, 6.07) is 5.90. The van der Waals surface area contributed by atoms with Crippen molar-refractivity contribution in [2.45, 2.75) is 43.9 Å². The number of carbonyl (C=O) groups is 2. The lowest BCUT2D eigenvalue weighted by Gasteiger charge is -2.32. The van der Waals surface area contributed by atoms with E-state index < -0.39 is 12.1 Å². The fourth-order valence-electron chi connectivity index (χ4n) is 3.53. The average Bonchev–Trinajstić information content (AvgIpc) is 3.41. The molecule has 2 aromatic heterocycles. The van der Waals surface area contributed by atoms with Crippen LogP contribution in [0.1, 0.15) is 28.8 Å². The van der Waals surface area contributed by atoms with Gasteiger partial charge in [-0.1, -0.05) is 6.07 Å². The average molecular weight is 458 g/mol. The molecule has 0 bridgehead atoms. The van der Waals surface area contributed by atoms with Crippen molar-refractivity contribution in [2.75, 3.05) is 13.2 Å². The van der Waals surface area contributed by atoms with E-state index in [-0.39, 0.29) is 24.2 Å². The van der Waals surface area contributed by atoms with E-state index in [4.69, 9.17) is 19.4 Å². The third-order valence-corrected chi connectivity index (χ3v) is 5.62. The van der Waals surface area contributed by atoms with Gasteiger partial charge in [0.15, 0.2) is 0 Å². The van der Waals surface area contributed by atoms with Gasteiger partial charge in [-0.25, -0.2) is 4.79 Å². The minimum atomic E-state index is -5.08. The summed E-state index contributed by atoms with van der Waals surface area (Å²) in [5.41, 5.74) is 1.80. The van der Waals surface area contributed by atoms with E-state index in [9.17, 15) is 18.0 Å². The van der Waals surface area contributed by atoms with Crippen LogP contribution in [0.3, 0.4) is 0 Å². The van der Waals surface area contributed by atoms with Gasteiger partial charge >= 0.3 is 12.1 Å². The molecule has 0 aliphatic carbocycles. The third-order valence-electron chi connectivity index (χ3n) is 4.94. The first kappa shape index (κ1) is 23.2. The second-order valence-electron chi connectivity index (χ2n) is 7.03. The second-order valence-corrected chi connectivity index (χ2v) is 7.81. The third kappa shape index (κ3) is 6.02. The summed E-state index contributed by atoms with van der Waals surface area (Å²) in [5.74, 6) is -2.67. The smallest absolute Gasteiger partial charge is 0.475 e. The summed E-state index contributed by atoms with van der Waals surface area (Å²) in [6.45, 7) is 1.82. The zero-order valence-corrected chi connectivity index (χ0v) is 17.1. The van der Waals surface area contributed by atoms with Gasteiger partial charge in [0.25, 0.3) is 5.91 Å². The Morgan fingerprint density at radius 3 is 2.74 bits per heavy atom. The maximum atomic E-state index is 12.8. The Kier molecular flexibility index (Phi) is 7.63. The number of carbonyl (C=O) groups excluding carboxylic acids is 1. The number of fused-ring (bicyclic) bond motifs is 1. The minimum Gasteiger partial charge on any atom is -0.475 e. The zero-order chi connectivity index (χ0) is 22.4. The van der Waals surface area contributed by atoms with Crippen LogP contribution >= 0.6 is 11.3 Å². The molecule has 2 aliphatic heterocycles. The highest BCUT2D eigenvalue weighted by Gasteiger charge is 2.46. The first-order valence-electron chi connectivity index (χ1n) is 9.52. The van der Waals surface area contributed by atoms with E-state index in [1.807, 2.05) is 40.1 Å². The van der Waals surface area contributed by atoms with Crippen LogP contribution in [0.15, 0.2) is 41.4 Å². The Hall–Kier alpha value is -2.50. The molecule has 0 saturated carbocycles. The summed E-state index contributed by atoms with van der Waals surface area (Å²) < 4.78 is 43.8. The summed E-state index contributed by atoms with van der Waals surface area (Å²) in [4.78, 5) is 27.7. The maximum absolute atomic E-state index is 12.8. The Bertz CT molecular complexity index is 863. The molecule has 0 radical (unpaired) electrons. The van der Waals surface area contributed by atoms with Gasteiger partial charge in [-0.3, -0.25) is 9.78 Å². The number of carboxylic acid groups (broad SMARTS) is 1. The van der Waals surface area contributed by atoms with Gasteiger partial charge in [0.1, 0.15) is 12.2 Å². The lowest BCUT2D eigenvalue weighted by Crippen LogP contribution is -2.43. The van der Waals surface area contributed by atoms with Gasteiger partial charge in [-0.15, -0.1) is 0 Å². The normalized spacial score (nSPS) is 22.9. The molecule has 3 atom stereocenters. The summed E-state index contributed by atoms with van der Waals surface area (Å²) >= 11 is 1.55. The molecule has 0 aromatic carbocycles. The molecular weight excluding hydrogens is 437 g/mol. The Balaban J connectivity index is 0.000000339. The standard InChI is InChI=1S/C18H20N2O3S.C2HF3O2/c21-18(14-5-8-24-12-14)20-10-16(17-15(20)4-2-7-22-17)23-11-13-3-1-6-19-9-13;3-2(4,5)1(6)7/h1,3,5-6,8-9,12,15-17H,2,4,7,10-11H2;(H,6,7)/t15-,16+,17-;/m0./s1. The Morgan fingerprint density at radius 1 is 1.35 bits per heavy atom. The molecule has 168 valence electrons. The predicted molar refractivity (Wildman–Crippen MR) is 105 cm³/mol. The molecule has 1 amide bonds. The van der Waals surface area contributed by atoms with Crippen molar-refractivity contribution < 1.29 is 37.3 Å². The summed E-state index contributed by atoms with van der Waals surface area (Å²) in [7, 11) is 0. The SMILES string of the molecule is O=C(O)C(F)(F)F.O=C(c1ccsc1)N1C[C@@H](OCc2cccnc2)[C@H]2OCCC[C@@H]21. The number of carboxylic acids is 1. The lowest BCUT2D eigenvalue weighted by atomic mass is 10.0. The topological polar surface area (TPSA) is 89.0 Å². The molecule has 0 spiro atoms. The number of aliphatic carboxylic acids is 1. The highest BCUT2D eigenvalue weighted by Crippen LogP contribution is 2.32. The monoisotopic (exact) mass is 458 g/mol. The van der Waals surface area contributed by atoms with Crippen LogP contribution in [0, 0.1) is 0 Å². The molecular formula is C20H21F3N2O5S. The largest absolute Gasteiger partial charge is 0.490 e. The number of amides is 1. The Labute approximate surface area is 180 Å². The highest BCUT2D eigenvalue weighted by atomic mass is 32.1. The number of nitrogens with zero attached hydrogens (tertiary/aromatic N) is 2. The molecule has 4 rings (SSSR count). The summed E-state index contributed by atoms with van der Waals surface area (Å²) in [6.07, 6.45) is 0.330. The summed E-state index contributed by atoms with van der Waals surface area (Å²) in [5, 5.41) is 11.0. The van der Waals surface area contributed by atoms with Gasteiger partial charge in [0.2, 0.25) is 0 Å². The quantitative estimate of drug-likeness (QED) is 0.756. The molecule has 2 saturated heterocycles. The molecule has 1 N–H and O–H groups in total. The Morgan fingerprint density at radius 2 is 2.13 bits per heavy atom. The van der Waals surface area contributed by atoms with Crippen LogP contribution in [0.25, 0.3) is 0 Å². The zero-order valence-electron chi connectivity index (χ0n) is 16.3. The second kappa shape index (κ2) is 10.2. The number of aromatic nitrogens is 1. The number of hydrogen-bond donors (Lipinski definition) is 1. The van der Waals surface area contributed by atoms with Gasteiger partial charge < -0.3 is 19.5 Å². The molecule has 2 fully saturated rings. The molecule has 4 heterocycles. The van der Waals surface area contributed by atoms with Crippen molar-refractivity contribution in [1.82, 2.24) is 9.88 Å². The van der Waals surface area contributed by atoms with E-state index in [2.05, 4.69) is 4.98 Å². The number of thiophene rings is 1. The predicted octanol–water partition coefficient (Wildman–Crippen LogP) is 3.37. The number of hydrogen-bond acceptors (Lipinski definition) is 6. The van der Waals surface area contributed by atoms with E-state index in [0.717, 1.165) is 30.6 Å². The van der Waals surface area contributed by atoms with Crippen LogP contribution in [0.2, 0.25) is 0 Å².